The largest absolute Gasteiger partial charge is 0.490 e. The van der Waals surface area contributed by atoms with Crippen LogP contribution >= 0.6 is 0 Å². The lowest BCUT2D eigenvalue weighted by Crippen LogP contribution is -2.41. The highest BCUT2D eigenvalue weighted by molar-refractivity contribution is 7.89. The van der Waals surface area contributed by atoms with Crippen LogP contribution in [0.15, 0.2) is 36.4 Å². The number of benzene rings is 2. The van der Waals surface area contributed by atoms with Gasteiger partial charge in [0.25, 0.3) is 11.8 Å². The molecular formula is C22H28N2O7S. The topological polar surface area (TPSA) is 120 Å². The van der Waals surface area contributed by atoms with Crippen LogP contribution in [-0.2, 0) is 15.6 Å². The van der Waals surface area contributed by atoms with Crippen molar-refractivity contribution < 1.29 is 32.2 Å². The van der Waals surface area contributed by atoms with Gasteiger partial charge in [0.2, 0.25) is 5.75 Å². The highest BCUT2D eigenvalue weighted by Gasteiger charge is 2.19. The van der Waals surface area contributed by atoms with Gasteiger partial charge in [-0.15, -0.1) is 0 Å². The summed E-state index contributed by atoms with van der Waals surface area (Å²) in [5, 5.41) is 0. The second kappa shape index (κ2) is 11.4. The molecule has 0 aliphatic rings. The zero-order valence-corrected chi connectivity index (χ0v) is 19.4. The van der Waals surface area contributed by atoms with Crippen LogP contribution in [0.25, 0.3) is 0 Å². The molecule has 0 unspecified atom stereocenters. The lowest BCUT2D eigenvalue weighted by Gasteiger charge is -2.17. The number of carbonyl (C=O) groups excluding carboxylic acids is 2. The minimum absolute atomic E-state index is 0.187. The molecule has 0 saturated carbocycles. The van der Waals surface area contributed by atoms with Gasteiger partial charge in [0.05, 0.1) is 25.6 Å². The summed E-state index contributed by atoms with van der Waals surface area (Å²) < 4.78 is 39.8. The summed E-state index contributed by atoms with van der Waals surface area (Å²) >= 11 is 0. The van der Waals surface area contributed by atoms with Gasteiger partial charge in [-0.25, -0.2) is 8.42 Å². The van der Waals surface area contributed by atoms with Gasteiger partial charge < -0.3 is 14.2 Å². The molecule has 0 spiro atoms. The zero-order chi connectivity index (χ0) is 23.7. The summed E-state index contributed by atoms with van der Waals surface area (Å²) in [5.41, 5.74) is 5.56. The molecule has 2 amide bonds. The third-order valence-electron chi connectivity index (χ3n) is 4.08. The van der Waals surface area contributed by atoms with Crippen LogP contribution < -0.4 is 25.1 Å². The molecular weight excluding hydrogens is 436 g/mol. The minimum Gasteiger partial charge on any atom is -0.490 e. The molecule has 2 aromatic rings. The number of hydrazine groups is 1. The molecule has 0 heterocycles. The zero-order valence-electron chi connectivity index (χ0n) is 18.6. The molecule has 10 heteroatoms. The smallest absolute Gasteiger partial charge is 0.269 e. The Labute approximate surface area is 187 Å². The first kappa shape index (κ1) is 25.0. The second-order valence-corrected chi connectivity index (χ2v) is 8.92. The first-order chi connectivity index (χ1) is 15.2. The van der Waals surface area contributed by atoms with Crippen LogP contribution in [0.4, 0.5) is 0 Å². The van der Waals surface area contributed by atoms with Crippen molar-refractivity contribution in [2.75, 3.05) is 26.1 Å². The van der Waals surface area contributed by atoms with E-state index in [9.17, 15) is 18.0 Å². The van der Waals surface area contributed by atoms with Crippen LogP contribution in [0.1, 0.15) is 47.1 Å². The van der Waals surface area contributed by atoms with Gasteiger partial charge >= 0.3 is 0 Å². The summed E-state index contributed by atoms with van der Waals surface area (Å²) in [4.78, 5) is 25.1. The fourth-order valence-corrected chi connectivity index (χ4v) is 3.67. The quantitative estimate of drug-likeness (QED) is 0.518. The molecule has 0 aliphatic heterocycles. The van der Waals surface area contributed by atoms with Gasteiger partial charge in [0.15, 0.2) is 21.3 Å². The maximum atomic E-state index is 12.7. The molecule has 0 fully saturated rings. The van der Waals surface area contributed by atoms with Gasteiger partial charge in [0.1, 0.15) is 0 Å². The van der Waals surface area contributed by atoms with E-state index < -0.39 is 21.7 Å². The number of rotatable bonds is 10. The predicted molar refractivity (Wildman–Crippen MR) is 120 cm³/mol. The summed E-state index contributed by atoms with van der Waals surface area (Å²) in [6.45, 7) is 6.54. The summed E-state index contributed by atoms with van der Waals surface area (Å²) in [7, 11) is -3.24. The molecule has 2 N–H and O–H groups in total. The number of hydrogen-bond donors (Lipinski definition) is 2. The Kier molecular flexibility index (Phi) is 8.89. The molecule has 0 radical (unpaired) electrons. The van der Waals surface area contributed by atoms with Crippen LogP contribution in [0.2, 0.25) is 0 Å². The maximum Gasteiger partial charge on any atom is 0.269 e. The van der Waals surface area contributed by atoms with Gasteiger partial charge in [-0.05, 0) is 50.6 Å². The van der Waals surface area contributed by atoms with Gasteiger partial charge in [-0.2, -0.15) is 0 Å². The van der Waals surface area contributed by atoms with Crippen molar-refractivity contribution in [2.45, 2.75) is 26.5 Å². The molecule has 2 rings (SSSR count). The number of hydrogen-bond acceptors (Lipinski definition) is 7. The SMILES string of the molecule is CCOc1cc(C(=O)NNC(=O)c2cccc(CS(C)(=O)=O)c2)cc(OCC)c1OCC. The number of sulfone groups is 1. The van der Waals surface area contributed by atoms with E-state index in [0.717, 1.165) is 6.26 Å². The predicted octanol–water partition coefficient (Wildman–Crippen LogP) is 2.50. The molecule has 2 aromatic carbocycles. The van der Waals surface area contributed by atoms with Crippen molar-refractivity contribution in [3.8, 4) is 17.2 Å². The van der Waals surface area contributed by atoms with E-state index in [2.05, 4.69) is 10.9 Å². The fraction of sp³-hybridized carbons (Fsp3) is 0.364. The highest BCUT2D eigenvalue weighted by atomic mass is 32.2. The van der Waals surface area contributed by atoms with E-state index in [1.165, 1.54) is 24.3 Å². The van der Waals surface area contributed by atoms with Crippen LogP contribution in [0.3, 0.4) is 0 Å². The molecule has 9 nitrogen and oxygen atoms in total. The maximum absolute atomic E-state index is 12.7. The second-order valence-electron chi connectivity index (χ2n) is 6.78. The molecule has 0 aromatic heterocycles. The Morgan fingerprint density at radius 2 is 1.34 bits per heavy atom. The average Bonchev–Trinajstić information content (AvgIpc) is 2.73. The molecule has 0 bridgehead atoms. The Hall–Kier alpha value is -3.27. The lowest BCUT2D eigenvalue weighted by atomic mass is 10.1. The van der Waals surface area contributed by atoms with Crippen molar-refractivity contribution >= 4 is 21.7 Å². The van der Waals surface area contributed by atoms with E-state index in [1.807, 2.05) is 6.92 Å². The fourth-order valence-electron chi connectivity index (χ4n) is 2.88. The summed E-state index contributed by atoms with van der Waals surface area (Å²) in [5.74, 6) is -0.257. The van der Waals surface area contributed by atoms with Gasteiger partial charge in [0, 0.05) is 17.4 Å². The number of nitrogens with one attached hydrogen (secondary N) is 2. The first-order valence-corrected chi connectivity index (χ1v) is 12.2. The molecule has 32 heavy (non-hydrogen) atoms. The normalized spacial score (nSPS) is 10.9. The van der Waals surface area contributed by atoms with Crippen molar-refractivity contribution in [2.24, 2.45) is 0 Å². The van der Waals surface area contributed by atoms with Crippen molar-refractivity contribution in [1.82, 2.24) is 10.9 Å². The highest BCUT2D eigenvalue weighted by Crippen LogP contribution is 2.39. The number of carbonyl (C=O) groups is 2. The third kappa shape index (κ3) is 7.16. The summed E-state index contributed by atoms with van der Waals surface area (Å²) in [6, 6.07) is 9.17. The number of ether oxygens (including phenoxy) is 3. The van der Waals surface area contributed by atoms with Crippen LogP contribution in [0.5, 0.6) is 17.2 Å². The van der Waals surface area contributed by atoms with Crippen molar-refractivity contribution in [3.05, 3.63) is 53.1 Å². The Morgan fingerprint density at radius 3 is 1.84 bits per heavy atom. The number of amides is 2. The Morgan fingerprint density at radius 1 is 0.812 bits per heavy atom. The third-order valence-corrected chi connectivity index (χ3v) is 4.94. The van der Waals surface area contributed by atoms with E-state index in [-0.39, 0.29) is 16.9 Å². The van der Waals surface area contributed by atoms with E-state index in [0.29, 0.717) is 42.6 Å². The van der Waals surface area contributed by atoms with Gasteiger partial charge in [-0.3, -0.25) is 20.4 Å². The molecule has 0 aliphatic carbocycles. The van der Waals surface area contributed by atoms with Crippen LogP contribution in [-0.4, -0.2) is 46.3 Å². The average molecular weight is 465 g/mol. The van der Waals surface area contributed by atoms with E-state index >= 15 is 0 Å². The van der Waals surface area contributed by atoms with Crippen molar-refractivity contribution in [1.29, 1.82) is 0 Å². The summed E-state index contributed by atoms with van der Waals surface area (Å²) in [6.07, 6.45) is 1.11. The van der Waals surface area contributed by atoms with Crippen molar-refractivity contribution in [3.63, 3.8) is 0 Å². The minimum atomic E-state index is -3.24. The standard InChI is InChI=1S/C22H28N2O7S/c1-5-29-18-12-17(13-19(30-6-2)20(18)31-7-3)22(26)24-23-21(25)16-10-8-9-15(11-16)14-32(4,27)28/h8-13H,5-7,14H2,1-4H3,(H,23,25)(H,24,26). The van der Waals surface area contributed by atoms with Gasteiger partial charge in [-0.1, -0.05) is 12.1 Å². The molecule has 0 saturated heterocycles. The first-order valence-electron chi connectivity index (χ1n) is 10.1. The van der Waals surface area contributed by atoms with E-state index in [1.54, 1.807) is 26.0 Å². The molecule has 0 atom stereocenters. The van der Waals surface area contributed by atoms with E-state index in [4.69, 9.17) is 14.2 Å². The van der Waals surface area contributed by atoms with Crippen LogP contribution in [0, 0.1) is 0 Å². The lowest BCUT2D eigenvalue weighted by molar-refractivity contribution is 0.0846. The Bertz CT molecular complexity index is 1040. The monoisotopic (exact) mass is 464 g/mol. The Balaban J connectivity index is 2.18. The molecule has 174 valence electrons.